The van der Waals surface area contributed by atoms with E-state index < -0.39 is 33.7 Å². The Kier molecular flexibility index (Phi) is 9.62. The molecule has 4 N–H and O–H groups in total. The highest BCUT2D eigenvalue weighted by atomic mass is 32.2. The number of hydrogen-bond acceptors (Lipinski definition) is 5. The standard InChI is InChI=1S/C10H23N.C4H6O7S/c1-9(2,3)7-11-8-10(4,5)6;5-3(6)1-2(4(7)8)12(9,10)11/h11H,7-8H2,1-6H3;2H,1H2,(H,5,6)(H,7,8)(H,9,10,11). The van der Waals surface area contributed by atoms with Crippen molar-refractivity contribution in [2.45, 2.75) is 53.2 Å². The average Bonchev–Trinajstić information content (AvgIpc) is 2.20. The number of nitrogens with one attached hydrogen (secondary N) is 1. The Labute approximate surface area is 138 Å². The van der Waals surface area contributed by atoms with Gasteiger partial charge in [0.2, 0.25) is 0 Å². The van der Waals surface area contributed by atoms with E-state index in [4.69, 9.17) is 14.8 Å². The molecule has 0 rings (SSSR count). The molecule has 0 aromatic rings. The largest absolute Gasteiger partial charge is 0.481 e. The molecule has 0 spiro atoms. The lowest BCUT2D eigenvalue weighted by molar-refractivity contribution is -0.143. The lowest BCUT2D eigenvalue weighted by Crippen LogP contribution is -2.33. The molecule has 23 heavy (non-hydrogen) atoms. The highest BCUT2D eigenvalue weighted by Gasteiger charge is 2.33. The van der Waals surface area contributed by atoms with Gasteiger partial charge in [-0.2, -0.15) is 8.42 Å². The molecule has 9 heteroatoms. The summed E-state index contributed by atoms with van der Waals surface area (Å²) in [6.07, 6.45) is -1.16. The van der Waals surface area contributed by atoms with Gasteiger partial charge in [-0.15, -0.1) is 0 Å². The predicted octanol–water partition coefficient (Wildman–Crippen LogP) is 1.47. The van der Waals surface area contributed by atoms with Gasteiger partial charge in [0.15, 0.2) is 5.25 Å². The third-order valence-electron chi connectivity index (χ3n) is 2.31. The van der Waals surface area contributed by atoms with Crippen LogP contribution in [0, 0.1) is 10.8 Å². The fourth-order valence-electron chi connectivity index (χ4n) is 1.29. The van der Waals surface area contributed by atoms with Gasteiger partial charge in [-0.25, -0.2) is 0 Å². The summed E-state index contributed by atoms with van der Waals surface area (Å²) in [7, 11) is -4.84. The van der Waals surface area contributed by atoms with Crippen LogP contribution in [0.3, 0.4) is 0 Å². The summed E-state index contributed by atoms with van der Waals surface area (Å²) in [6, 6.07) is 0. The first-order valence-electron chi connectivity index (χ1n) is 7.07. The molecular weight excluding hydrogens is 326 g/mol. The van der Waals surface area contributed by atoms with Crippen LogP contribution in [0.5, 0.6) is 0 Å². The first kappa shape index (κ1) is 24.1. The Morgan fingerprint density at radius 2 is 1.30 bits per heavy atom. The Morgan fingerprint density at radius 3 is 1.43 bits per heavy atom. The van der Waals surface area contributed by atoms with Crippen molar-refractivity contribution in [3.05, 3.63) is 0 Å². The Morgan fingerprint density at radius 1 is 0.957 bits per heavy atom. The highest BCUT2D eigenvalue weighted by Crippen LogP contribution is 2.14. The van der Waals surface area contributed by atoms with Crippen LogP contribution < -0.4 is 5.32 Å². The van der Waals surface area contributed by atoms with E-state index in [0.29, 0.717) is 10.8 Å². The molecule has 0 bridgehead atoms. The van der Waals surface area contributed by atoms with Gasteiger partial charge in [0.05, 0.1) is 6.42 Å². The van der Waals surface area contributed by atoms with Crippen molar-refractivity contribution < 1.29 is 32.8 Å². The fourth-order valence-corrected chi connectivity index (χ4v) is 1.90. The van der Waals surface area contributed by atoms with Crippen LogP contribution in [-0.4, -0.2) is 53.5 Å². The van der Waals surface area contributed by atoms with Crippen LogP contribution in [0.2, 0.25) is 0 Å². The third-order valence-corrected chi connectivity index (χ3v) is 3.39. The van der Waals surface area contributed by atoms with Crippen molar-refractivity contribution in [3.63, 3.8) is 0 Å². The van der Waals surface area contributed by atoms with Crippen LogP contribution in [0.15, 0.2) is 0 Å². The zero-order chi connectivity index (χ0) is 19.1. The number of carboxylic acids is 2. The minimum atomic E-state index is -4.84. The molecule has 0 aliphatic carbocycles. The fraction of sp³-hybridized carbons (Fsp3) is 0.857. The topological polar surface area (TPSA) is 141 Å². The molecule has 0 amide bonds. The molecule has 1 atom stereocenters. The van der Waals surface area contributed by atoms with E-state index in [1.807, 2.05) is 0 Å². The first-order valence-corrected chi connectivity index (χ1v) is 8.57. The number of rotatable bonds is 6. The number of aliphatic carboxylic acids is 2. The molecular formula is C14H29NO7S. The molecule has 138 valence electrons. The van der Waals surface area contributed by atoms with E-state index in [1.54, 1.807) is 0 Å². The maximum Gasteiger partial charge on any atom is 0.325 e. The van der Waals surface area contributed by atoms with Gasteiger partial charge >= 0.3 is 11.9 Å². The molecule has 0 fully saturated rings. The molecule has 1 unspecified atom stereocenters. The molecule has 0 aromatic heterocycles. The van der Waals surface area contributed by atoms with Gasteiger partial charge in [-0.1, -0.05) is 41.5 Å². The summed E-state index contributed by atoms with van der Waals surface area (Å²) in [5.41, 5.74) is 0.816. The summed E-state index contributed by atoms with van der Waals surface area (Å²) in [5, 5.41) is 17.4. The van der Waals surface area contributed by atoms with Crippen LogP contribution in [0.4, 0.5) is 0 Å². The maximum atomic E-state index is 10.2. The quantitative estimate of drug-likeness (QED) is 0.525. The van der Waals surface area contributed by atoms with E-state index in [-0.39, 0.29) is 0 Å². The van der Waals surface area contributed by atoms with Crippen molar-refractivity contribution in [1.29, 1.82) is 0 Å². The van der Waals surface area contributed by atoms with Crippen LogP contribution in [0.1, 0.15) is 48.0 Å². The predicted molar refractivity (Wildman–Crippen MR) is 87.0 cm³/mol. The van der Waals surface area contributed by atoms with Gasteiger partial charge in [-0.05, 0) is 10.8 Å². The first-order chi connectivity index (χ1) is 9.96. The summed E-state index contributed by atoms with van der Waals surface area (Å²) < 4.78 is 28.7. The van der Waals surface area contributed by atoms with Gasteiger partial charge in [0.25, 0.3) is 10.1 Å². The van der Waals surface area contributed by atoms with Crippen molar-refractivity contribution in [2.24, 2.45) is 10.8 Å². The Hall–Kier alpha value is -1.19. The maximum absolute atomic E-state index is 10.2. The smallest absolute Gasteiger partial charge is 0.325 e. The van der Waals surface area contributed by atoms with E-state index in [9.17, 15) is 18.0 Å². The van der Waals surface area contributed by atoms with Gasteiger partial charge in [0, 0.05) is 13.1 Å². The van der Waals surface area contributed by atoms with Crippen LogP contribution in [-0.2, 0) is 19.7 Å². The van der Waals surface area contributed by atoms with Gasteiger partial charge in [0.1, 0.15) is 0 Å². The average molecular weight is 355 g/mol. The lowest BCUT2D eigenvalue weighted by atomic mass is 9.94. The molecule has 0 saturated heterocycles. The zero-order valence-electron chi connectivity index (χ0n) is 14.6. The minimum absolute atomic E-state index is 0.408. The van der Waals surface area contributed by atoms with E-state index in [1.165, 1.54) is 0 Å². The molecule has 0 aliphatic heterocycles. The normalized spacial score (nSPS) is 13.7. The number of carbonyl (C=O) groups is 2. The summed E-state index contributed by atoms with van der Waals surface area (Å²) in [6.45, 7) is 15.7. The van der Waals surface area contributed by atoms with Crippen LogP contribution in [0.25, 0.3) is 0 Å². The Bertz CT molecular complexity index is 472. The molecule has 0 radical (unpaired) electrons. The monoisotopic (exact) mass is 355 g/mol. The van der Waals surface area contributed by atoms with E-state index >= 15 is 0 Å². The summed E-state index contributed by atoms with van der Waals surface area (Å²) in [5.74, 6) is -3.50. The minimum Gasteiger partial charge on any atom is -0.481 e. The van der Waals surface area contributed by atoms with Crippen molar-refractivity contribution in [1.82, 2.24) is 5.32 Å². The van der Waals surface area contributed by atoms with Gasteiger partial charge < -0.3 is 15.5 Å². The van der Waals surface area contributed by atoms with Crippen molar-refractivity contribution >= 4 is 22.1 Å². The molecule has 0 aliphatic rings. The lowest BCUT2D eigenvalue weighted by Gasteiger charge is -2.24. The number of carboxylic acid groups (broad SMARTS) is 2. The van der Waals surface area contributed by atoms with Crippen LogP contribution >= 0.6 is 0 Å². The molecule has 0 saturated carbocycles. The second-order valence-electron chi connectivity index (χ2n) is 7.66. The Balaban J connectivity index is 0. The van der Waals surface area contributed by atoms with Crippen molar-refractivity contribution in [3.8, 4) is 0 Å². The second-order valence-corrected chi connectivity index (χ2v) is 9.26. The number of hydrogen-bond donors (Lipinski definition) is 4. The SMILES string of the molecule is CC(C)(C)CNCC(C)(C)C.O=C(O)CC(C(=O)O)S(=O)(=O)O. The molecule has 0 aromatic carbocycles. The highest BCUT2D eigenvalue weighted by molar-refractivity contribution is 7.87. The third kappa shape index (κ3) is 17.0. The summed E-state index contributed by atoms with van der Waals surface area (Å²) >= 11 is 0. The van der Waals surface area contributed by atoms with Crippen molar-refractivity contribution in [2.75, 3.05) is 13.1 Å². The van der Waals surface area contributed by atoms with Gasteiger partial charge in [-0.3, -0.25) is 14.1 Å². The zero-order valence-corrected chi connectivity index (χ0v) is 15.4. The summed E-state index contributed by atoms with van der Waals surface area (Å²) in [4.78, 5) is 20.0. The van der Waals surface area contributed by atoms with E-state index in [2.05, 4.69) is 46.9 Å². The molecule has 0 heterocycles. The second kappa shape index (κ2) is 9.19. The molecule has 8 nitrogen and oxygen atoms in total. The van der Waals surface area contributed by atoms with E-state index in [0.717, 1.165) is 13.1 Å².